The molecule has 28 heavy (non-hydrogen) atoms. The van der Waals surface area contributed by atoms with Gasteiger partial charge in [0.05, 0.1) is 5.25 Å². The molecule has 0 aliphatic carbocycles. The maximum atomic E-state index is 12.4. The van der Waals surface area contributed by atoms with E-state index >= 15 is 0 Å². The normalized spacial score (nSPS) is 12.6. The van der Waals surface area contributed by atoms with E-state index in [9.17, 15) is 4.79 Å². The first-order valence-electron chi connectivity index (χ1n) is 8.90. The van der Waals surface area contributed by atoms with Gasteiger partial charge in [0.2, 0.25) is 11.8 Å². The van der Waals surface area contributed by atoms with Crippen LogP contribution in [0.4, 0.5) is 5.69 Å². The van der Waals surface area contributed by atoms with Gasteiger partial charge in [-0.3, -0.25) is 4.79 Å². The summed E-state index contributed by atoms with van der Waals surface area (Å²) >= 11 is 7.16. The van der Waals surface area contributed by atoms with E-state index in [0.717, 1.165) is 5.56 Å². The molecule has 1 aromatic heterocycles. The topological polar surface area (TPSA) is 68.0 Å². The first kappa shape index (κ1) is 20.4. The molecule has 1 amide bonds. The highest BCUT2D eigenvalue weighted by molar-refractivity contribution is 8.00. The zero-order valence-corrected chi connectivity index (χ0v) is 17.8. The second kappa shape index (κ2) is 8.37. The zero-order chi connectivity index (χ0) is 20.3. The third-order valence-corrected chi connectivity index (χ3v) is 5.31. The molecule has 0 unspecified atom stereocenters. The fourth-order valence-electron chi connectivity index (χ4n) is 2.50. The van der Waals surface area contributed by atoms with Gasteiger partial charge in [0.1, 0.15) is 0 Å². The van der Waals surface area contributed by atoms with Gasteiger partial charge in [0.15, 0.2) is 0 Å². The van der Waals surface area contributed by atoms with Crippen LogP contribution in [0.1, 0.15) is 33.3 Å². The highest BCUT2D eigenvalue weighted by atomic mass is 35.5. The molecule has 0 fully saturated rings. The highest BCUT2D eigenvalue weighted by Crippen LogP contribution is 2.29. The fourth-order valence-corrected chi connectivity index (χ4v) is 3.38. The molecule has 0 saturated carbocycles. The molecule has 0 bridgehead atoms. The molecule has 1 N–H and O–H groups in total. The molecule has 146 valence electrons. The summed E-state index contributed by atoms with van der Waals surface area (Å²) in [4.78, 5) is 12.4. The number of thioether (sulfide) groups is 1. The Kier molecular flexibility index (Phi) is 6.10. The predicted molar refractivity (Wildman–Crippen MR) is 114 cm³/mol. The summed E-state index contributed by atoms with van der Waals surface area (Å²) in [6, 6.07) is 15.1. The third kappa shape index (κ3) is 5.14. The second-order valence-corrected chi connectivity index (χ2v) is 9.19. The van der Waals surface area contributed by atoms with Crippen LogP contribution in [0.15, 0.2) is 58.2 Å². The summed E-state index contributed by atoms with van der Waals surface area (Å²) in [5, 5.41) is 11.5. The van der Waals surface area contributed by atoms with E-state index in [1.54, 1.807) is 31.2 Å². The van der Waals surface area contributed by atoms with Gasteiger partial charge in [0.25, 0.3) is 5.22 Å². The minimum absolute atomic E-state index is 0.0835. The van der Waals surface area contributed by atoms with Crippen molar-refractivity contribution in [3.05, 3.63) is 59.1 Å². The fraction of sp³-hybridized carbons (Fsp3) is 0.286. The van der Waals surface area contributed by atoms with Gasteiger partial charge in [-0.2, -0.15) is 0 Å². The van der Waals surface area contributed by atoms with Crippen LogP contribution in [-0.4, -0.2) is 21.4 Å². The number of benzene rings is 2. The van der Waals surface area contributed by atoms with Crippen molar-refractivity contribution in [3.63, 3.8) is 0 Å². The van der Waals surface area contributed by atoms with Crippen LogP contribution in [0.25, 0.3) is 11.5 Å². The van der Waals surface area contributed by atoms with Gasteiger partial charge in [0, 0.05) is 16.3 Å². The maximum absolute atomic E-state index is 12.4. The number of hydrogen-bond donors (Lipinski definition) is 1. The molecule has 0 radical (unpaired) electrons. The SMILES string of the molecule is C[C@@H](Sc1nnc(-c2ccc(C(C)(C)C)cc2)o1)C(=O)Nc1cccc(Cl)c1. The first-order valence-corrected chi connectivity index (χ1v) is 10.2. The third-order valence-electron chi connectivity index (χ3n) is 4.14. The molecule has 0 saturated heterocycles. The quantitative estimate of drug-likeness (QED) is 0.533. The Morgan fingerprint density at radius 3 is 2.50 bits per heavy atom. The average molecular weight is 416 g/mol. The molecule has 5 nitrogen and oxygen atoms in total. The molecule has 2 aromatic carbocycles. The Hall–Kier alpha value is -2.31. The summed E-state index contributed by atoms with van der Waals surface area (Å²) < 4.78 is 5.72. The summed E-state index contributed by atoms with van der Waals surface area (Å²) in [6.45, 7) is 8.28. The predicted octanol–water partition coefficient (Wildman–Crippen LogP) is 5.81. The van der Waals surface area contributed by atoms with Crippen molar-refractivity contribution in [1.82, 2.24) is 10.2 Å². The molecule has 0 aliphatic heterocycles. The second-order valence-electron chi connectivity index (χ2n) is 7.46. The van der Waals surface area contributed by atoms with Crippen LogP contribution in [0.5, 0.6) is 0 Å². The van der Waals surface area contributed by atoms with Crippen molar-refractivity contribution in [2.45, 2.75) is 43.6 Å². The summed E-state index contributed by atoms with van der Waals surface area (Å²) in [6.07, 6.45) is 0. The van der Waals surface area contributed by atoms with Crippen LogP contribution in [0.3, 0.4) is 0 Å². The monoisotopic (exact) mass is 415 g/mol. The minimum atomic E-state index is -0.407. The Balaban J connectivity index is 1.64. The van der Waals surface area contributed by atoms with E-state index in [2.05, 4.69) is 48.4 Å². The lowest BCUT2D eigenvalue weighted by molar-refractivity contribution is -0.115. The van der Waals surface area contributed by atoms with Gasteiger partial charge in [-0.15, -0.1) is 10.2 Å². The number of nitrogens with zero attached hydrogens (tertiary/aromatic N) is 2. The highest BCUT2D eigenvalue weighted by Gasteiger charge is 2.19. The molecule has 7 heteroatoms. The van der Waals surface area contributed by atoms with Crippen molar-refractivity contribution in [1.29, 1.82) is 0 Å². The summed E-state index contributed by atoms with van der Waals surface area (Å²) in [7, 11) is 0. The number of carbonyl (C=O) groups excluding carboxylic acids is 1. The van der Waals surface area contributed by atoms with Crippen LogP contribution >= 0.6 is 23.4 Å². The van der Waals surface area contributed by atoms with Crippen LogP contribution in [0, 0.1) is 0 Å². The Bertz CT molecular complexity index is 964. The van der Waals surface area contributed by atoms with Crippen molar-refractivity contribution in [2.24, 2.45) is 0 Å². The Morgan fingerprint density at radius 2 is 1.86 bits per heavy atom. The lowest BCUT2D eigenvalue weighted by atomic mass is 9.87. The van der Waals surface area contributed by atoms with Crippen molar-refractivity contribution < 1.29 is 9.21 Å². The van der Waals surface area contributed by atoms with Gasteiger partial charge in [-0.1, -0.05) is 62.3 Å². The minimum Gasteiger partial charge on any atom is -0.411 e. The maximum Gasteiger partial charge on any atom is 0.277 e. The van der Waals surface area contributed by atoms with Gasteiger partial charge in [-0.05, 0) is 48.2 Å². The first-order chi connectivity index (χ1) is 13.2. The van der Waals surface area contributed by atoms with Crippen LogP contribution in [0.2, 0.25) is 5.02 Å². The van der Waals surface area contributed by atoms with Crippen molar-refractivity contribution in [3.8, 4) is 11.5 Å². The van der Waals surface area contributed by atoms with E-state index in [0.29, 0.717) is 21.8 Å². The van der Waals surface area contributed by atoms with E-state index in [1.807, 2.05) is 12.1 Å². The van der Waals surface area contributed by atoms with Crippen LogP contribution < -0.4 is 5.32 Å². The number of rotatable bonds is 5. The molecular weight excluding hydrogens is 394 g/mol. The zero-order valence-electron chi connectivity index (χ0n) is 16.2. The number of halogens is 1. The van der Waals surface area contributed by atoms with Crippen molar-refractivity contribution in [2.75, 3.05) is 5.32 Å². The van der Waals surface area contributed by atoms with Gasteiger partial charge in [-0.25, -0.2) is 0 Å². The number of aromatic nitrogens is 2. The largest absolute Gasteiger partial charge is 0.411 e. The van der Waals surface area contributed by atoms with E-state index in [-0.39, 0.29) is 11.3 Å². The number of hydrogen-bond acceptors (Lipinski definition) is 5. The lowest BCUT2D eigenvalue weighted by Gasteiger charge is -2.18. The molecule has 1 heterocycles. The van der Waals surface area contributed by atoms with E-state index in [4.69, 9.17) is 16.0 Å². The van der Waals surface area contributed by atoms with E-state index < -0.39 is 5.25 Å². The molecule has 3 aromatic rings. The standard InChI is InChI=1S/C21H22ClN3O2S/c1-13(18(26)23-17-7-5-6-16(22)12-17)28-20-25-24-19(27-20)14-8-10-15(11-9-14)21(2,3)4/h5-13H,1-4H3,(H,23,26)/t13-/m1/s1. The van der Waals surface area contributed by atoms with E-state index in [1.165, 1.54) is 17.3 Å². The smallest absolute Gasteiger partial charge is 0.277 e. The molecule has 1 atom stereocenters. The lowest BCUT2D eigenvalue weighted by Crippen LogP contribution is -2.22. The molecular formula is C21H22ClN3O2S. The number of nitrogens with one attached hydrogen (secondary N) is 1. The molecule has 0 spiro atoms. The number of anilines is 1. The number of amides is 1. The Morgan fingerprint density at radius 1 is 1.14 bits per heavy atom. The average Bonchev–Trinajstić information content (AvgIpc) is 3.09. The van der Waals surface area contributed by atoms with Crippen molar-refractivity contribution >= 4 is 35.0 Å². The molecule has 3 rings (SSSR count). The van der Waals surface area contributed by atoms with Gasteiger partial charge >= 0.3 is 0 Å². The Labute approximate surface area is 173 Å². The molecule has 0 aliphatic rings. The summed E-state index contributed by atoms with van der Waals surface area (Å²) in [5.41, 5.74) is 2.82. The number of carbonyl (C=O) groups is 1. The van der Waals surface area contributed by atoms with Crippen LogP contribution in [-0.2, 0) is 10.2 Å². The summed E-state index contributed by atoms with van der Waals surface area (Å²) in [5.74, 6) is 0.270. The van der Waals surface area contributed by atoms with Gasteiger partial charge < -0.3 is 9.73 Å².